The summed E-state index contributed by atoms with van der Waals surface area (Å²) in [4.78, 5) is 12.1. The van der Waals surface area contributed by atoms with Crippen molar-refractivity contribution in [3.05, 3.63) is 17.7 Å². The van der Waals surface area contributed by atoms with Crippen LogP contribution < -0.4 is 20.5 Å². The first-order valence-electron chi connectivity index (χ1n) is 5.77. The predicted molar refractivity (Wildman–Crippen MR) is 72.8 cm³/mol. The van der Waals surface area contributed by atoms with E-state index in [1.54, 1.807) is 25.3 Å². The van der Waals surface area contributed by atoms with Crippen molar-refractivity contribution >= 4 is 22.4 Å². The van der Waals surface area contributed by atoms with Crippen molar-refractivity contribution in [2.24, 2.45) is 0 Å². The van der Waals surface area contributed by atoms with Crippen LogP contribution in [0.5, 0.6) is 11.5 Å². The van der Waals surface area contributed by atoms with Crippen molar-refractivity contribution in [2.45, 2.75) is 13.0 Å². The number of ether oxygens (including phenoxy) is 2. The summed E-state index contributed by atoms with van der Waals surface area (Å²) in [5.74, 6) is 1.13. The molecule has 2 atom stereocenters. The van der Waals surface area contributed by atoms with Crippen LogP contribution in [-0.2, 0) is 10.8 Å². The molecule has 7 heteroatoms. The number of rotatable bonds is 4. The average molecular weight is 284 g/mol. The molecule has 0 saturated heterocycles. The monoisotopic (exact) mass is 284 g/mol. The normalized spacial score (nSPS) is 15.9. The first-order valence-corrected chi connectivity index (χ1v) is 7.50. The van der Waals surface area contributed by atoms with Crippen LogP contribution in [0.15, 0.2) is 12.1 Å². The second kappa shape index (κ2) is 5.48. The Balaban J connectivity index is 2.13. The summed E-state index contributed by atoms with van der Waals surface area (Å²) in [6.07, 6.45) is 1.59. The van der Waals surface area contributed by atoms with Crippen molar-refractivity contribution in [3.63, 3.8) is 0 Å². The van der Waals surface area contributed by atoms with Crippen LogP contribution in [-0.4, -0.2) is 35.0 Å². The highest BCUT2D eigenvalue weighted by molar-refractivity contribution is 7.84. The van der Waals surface area contributed by atoms with Crippen molar-refractivity contribution in [1.82, 2.24) is 5.32 Å². The maximum Gasteiger partial charge on any atom is 0.253 e. The van der Waals surface area contributed by atoms with E-state index in [-0.39, 0.29) is 18.7 Å². The maximum atomic E-state index is 12.1. The number of fused-ring (bicyclic) bond motifs is 1. The highest BCUT2D eigenvalue weighted by Crippen LogP contribution is 2.35. The fourth-order valence-electron chi connectivity index (χ4n) is 1.85. The van der Waals surface area contributed by atoms with E-state index in [0.29, 0.717) is 28.5 Å². The molecule has 0 saturated carbocycles. The summed E-state index contributed by atoms with van der Waals surface area (Å²) in [6.45, 7) is 1.92. The average Bonchev–Trinajstić information content (AvgIpc) is 2.73. The molecule has 0 aliphatic carbocycles. The zero-order valence-corrected chi connectivity index (χ0v) is 11.6. The SMILES string of the molecule is CC(CS(C)=O)NC(=O)c1cc2c(cc1N)OCO2. The molecule has 0 aromatic heterocycles. The lowest BCUT2D eigenvalue weighted by Gasteiger charge is -2.13. The second-order valence-electron chi connectivity index (χ2n) is 4.41. The van der Waals surface area contributed by atoms with Crippen LogP contribution >= 0.6 is 0 Å². The molecule has 1 heterocycles. The Bertz CT molecular complexity index is 533. The van der Waals surface area contributed by atoms with E-state index >= 15 is 0 Å². The lowest BCUT2D eigenvalue weighted by atomic mass is 10.1. The molecule has 1 amide bonds. The summed E-state index contributed by atoms with van der Waals surface area (Å²) in [5, 5.41) is 2.75. The van der Waals surface area contributed by atoms with Crippen LogP contribution in [0.4, 0.5) is 5.69 Å². The molecule has 0 bridgehead atoms. The van der Waals surface area contributed by atoms with E-state index in [9.17, 15) is 9.00 Å². The van der Waals surface area contributed by atoms with Crippen molar-refractivity contribution in [2.75, 3.05) is 24.5 Å². The molecule has 6 nitrogen and oxygen atoms in total. The first kappa shape index (κ1) is 13.7. The Kier molecular flexibility index (Phi) is 3.94. The highest BCUT2D eigenvalue weighted by atomic mass is 32.2. The van der Waals surface area contributed by atoms with Gasteiger partial charge in [-0.3, -0.25) is 9.00 Å². The second-order valence-corrected chi connectivity index (χ2v) is 5.89. The van der Waals surface area contributed by atoms with Gasteiger partial charge in [0.15, 0.2) is 11.5 Å². The zero-order chi connectivity index (χ0) is 14.0. The third-order valence-electron chi connectivity index (χ3n) is 2.65. The number of carbonyl (C=O) groups is 1. The van der Waals surface area contributed by atoms with Gasteiger partial charge in [-0.25, -0.2) is 0 Å². The van der Waals surface area contributed by atoms with E-state index in [2.05, 4.69) is 5.32 Å². The Morgan fingerprint density at radius 3 is 2.74 bits per heavy atom. The summed E-state index contributed by atoms with van der Waals surface area (Å²) in [6, 6.07) is 2.94. The van der Waals surface area contributed by atoms with Gasteiger partial charge in [0.05, 0.1) is 5.56 Å². The number of amides is 1. The number of hydrogen-bond donors (Lipinski definition) is 2. The number of anilines is 1. The molecule has 2 rings (SSSR count). The molecule has 1 aromatic carbocycles. The van der Waals surface area contributed by atoms with Crippen LogP contribution in [0.3, 0.4) is 0 Å². The molecule has 3 N–H and O–H groups in total. The third kappa shape index (κ3) is 3.17. The Morgan fingerprint density at radius 2 is 2.11 bits per heavy atom. The third-order valence-corrected chi connectivity index (χ3v) is 3.62. The minimum atomic E-state index is -0.964. The minimum Gasteiger partial charge on any atom is -0.454 e. The largest absolute Gasteiger partial charge is 0.454 e. The summed E-state index contributed by atoms with van der Waals surface area (Å²) in [5.41, 5.74) is 6.47. The van der Waals surface area contributed by atoms with Crippen molar-refractivity contribution < 1.29 is 18.5 Å². The van der Waals surface area contributed by atoms with Gasteiger partial charge >= 0.3 is 0 Å². The predicted octanol–water partition coefficient (Wildman–Crippen LogP) is 0.494. The number of benzene rings is 1. The lowest BCUT2D eigenvalue weighted by Crippen LogP contribution is -2.36. The van der Waals surface area contributed by atoms with Crippen LogP contribution in [0.1, 0.15) is 17.3 Å². The fraction of sp³-hybridized carbons (Fsp3) is 0.417. The summed E-state index contributed by atoms with van der Waals surface area (Å²) < 4.78 is 21.5. The Hall–Kier alpha value is -1.76. The molecule has 1 aromatic rings. The van der Waals surface area contributed by atoms with Gasteiger partial charge in [-0.1, -0.05) is 0 Å². The lowest BCUT2D eigenvalue weighted by molar-refractivity contribution is 0.0944. The molecule has 1 aliphatic rings. The number of nitrogens with one attached hydrogen (secondary N) is 1. The molecule has 1 aliphatic heterocycles. The van der Waals surface area contributed by atoms with E-state index in [4.69, 9.17) is 15.2 Å². The fourth-order valence-corrected chi connectivity index (χ4v) is 2.64. The summed E-state index contributed by atoms with van der Waals surface area (Å²) in [7, 11) is -0.964. The first-order chi connectivity index (χ1) is 8.97. The van der Waals surface area contributed by atoms with E-state index in [1.807, 2.05) is 0 Å². The van der Waals surface area contributed by atoms with Gasteiger partial charge in [0, 0.05) is 40.6 Å². The van der Waals surface area contributed by atoms with Gasteiger partial charge in [0.25, 0.3) is 5.91 Å². The molecular weight excluding hydrogens is 268 g/mol. The van der Waals surface area contributed by atoms with Gasteiger partial charge in [0.1, 0.15) is 0 Å². The quantitative estimate of drug-likeness (QED) is 0.785. The van der Waals surface area contributed by atoms with Crippen molar-refractivity contribution in [3.8, 4) is 11.5 Å². The molecule has 2 unspecified atom stereocenters. The number of carbonyl (C=O) groups excluding carboxylic acids is 1. The molecule has 104 valence electrons. The highest BCUT2D eigenvalue weighted by Gasteiger charge is 2.20. The molecular formula is C12H16N2O4S. The molecule has 19 heavy (non-hydrogen) atoms. The van der Waals surface area contributed by atoms with Crippen molar-refractivity contribution in [1.29, 1.82) is 0 Å². The van der Waals surface area contributed by atoms with Crippen LogP contribution in [0.2, 0.25) is 0 Å². The minimum absolute atomic E-state index is 0.130. The number of hydrogen-bond acceptors (Lipinski definition) is 5. The van der Waals surface area contributed by atoms with Gasteiger partial charge in [0.2, 0.25) is 6.79 Å². The number of nitrogen functional groups attached to an aromatic ring is 1. The van der Waals surface area contributed by atoms with E-state index in [0.717, 1.165) is 0 Å². The number of nitrogens with two attached hydrogens (primary N) is 1. The van der Waals surface area contributed by atoms with Gasteiger partial charge in [-0.15, -0.1) is 0 Å². The zero-order valence-electron chi connectivity index (χ0n) is 10.8. The van der Waals surface area contributed by atoms with Crippen LogP contribution in [0, 0.1) is 0 Å². The smallest absolute Gasteiger partial charge is 0.253 e. The Labute approximate surface area is 113 Å². The molecule has 0 fully saturated rings. The standard InChI is InChI=1S/C12H16N2O4S/c1-7(5-19(2)16)14-12(15)8-3-10-11(4-9(8)13)18-6-17-10/h3-4,7H,5-6,13H2,1-2H3,(H,14,15). The Morgan fingerprint density at radius 1 is 1.47 bits per heavy atom. The van der Waals surface area contributed by atoms with Gasteiger partial charge < -0.3 is 20.5 Å². The van der Waals surface area contributed by atoms with E-state index < -0.39 is 10.8 Å². The maximum absolute atomic E-state index is 12.1. The van der Waals surface area contributed by atoms with Crippen LogP contribution in [0.25, 0.3) is 0 Å². The van der Waals surface area contributed by atoms with E-state index in [1.165, 1.54) is 0 Å². The van der Waals surface area contributed by atoms with Gasteiger partial charge in [-0.05, 0) is 13.0 Å². The molecule has 0 radical (unpaired) electrons. The van der Waals surface area contributed by atoms with Gasteiger partial charge in [-0.2, -0.15) is 0 Å². The topological polar surface area (TPSA) is 90.7 Å². The summed E-state index contributed by atoms with van der Waals surface area (Å²) >= 11 is 0. The molecule has 0 spiro atoms.